The number of benzene rings is 1. The summed E-state index contributed by atoms with van der Waals surface area (Å²) < 4.78 is 5.03. The van der Waals surface area contributed by atoms with E-state index in [-0.39, 0.29) is 11.8 Å². The monoisotopic (exact) mass is 304 g/mol. The molecule has 1 fully saturated rings. The Morgan fingerprint density at radius 2 is 1.90 bits per heavy atom. The number of aromatic nitrogens is 2. The van der Waals surface area contributed by atoms with Crippen molar-refractivity contribution in [3.8, 4) is 0 Å². The lowest BCUT2D eigenvalue weighted by molar-refractivity contribution is -0.123. The molecule has 0 spiro atoms. The van der Waals surface area contributed by atoms with Crippen molar-refractivity contribution >= 4 is 29.2 Å². The van der Waals surface area contributed by atoms with Crippen LogP contribution in [0, 0.1) is 10.7 Å². The first kappa shape index (κ1) is 14.3. The highest BCUT2D eigenvalue weighted by atomic mass is 32.1. The van der Waals surface area contributed by atoms with E-state index >= 15 is 0 Å². The van der Waals surface area contributed by atoms with E-state index in [0.717, 1.165) is 48.4 Å². The van der Waals surface area contributed by atoms with Crippen LogP contribution in [0.3, 0.4) is 0 Å². The number of piperidine rings is 1. The van der Waals surface area contributed by atoms with Crippen molar-refractivity contribution in [1.82, 2.24) is 14.0 Å². The summed E-state index contributed by atoms with van der Waals surface area (Å²) >= 11 is 5.55. The van der Waals surface area contributed by atoms with Gasteiger partial charge in [-0.2, -0.15) is 0 Å². The SMILES string of the molecule is Cn1c(=S)n(CN2CCC(C(N)=O)CC2)c2ccccc21. The molecule has 1 aliphatic heterocycles. The van der Waals surface area contributed by atoms with Gasteiger partial charge in [-0.05, 0) is 37.2 Å². The maximum atomic E-state index is 11.2. The number of aryl methyl sites for hydroxylation is 1. The Morgan fingerprint density at radius 1 is 1.29 bits per heavy atom. The summed E-state index contributed by atoms with van der Waals surface area (Å²) in [5, 5.41) is 0. The topological polar surface area (TPSA) is 56.2 Å². The lowest BCUT2D eigenvalue weighted by Crippen LogP contribution is -2.39. The number of hydrogen-bond donors (Lipinski definition) is 1. The number of carbonyl (C=O) groups excluding carboxylic acids is 1. The van der Waals surface area contributed by atoms with Gasteiger partial charge in [0, 0.05) is 26.1 Å². The maximum Gasteiger partial charge on any atom is 0.220 e. The van der Waals surface area contributed by atoms with Crippen LogP contribution in [-0.4, -0.2) is 33.0 Å². The van der Waals surface area contributed by atoms with Gasteiger partial charge in [-0.3, -0.25) is 9.69 Å². The zero-order valence-corrected chi connectivity index (χ0v) is 13.0. The third-order valence-electron chi connectivity index (χ3n) is 4.38. The fourth-order valence-corrected chi connectivity index (χ4v) is 3.31. The molecule has 0 atom stereocenters. The van der Waals surface area contributed by atoms with Crippen molar-refractivity contribution < 1.29 is 4.79 Å². The second-order valence-corrected chi connectivity index (χ2v) is 6.06. The van der Waals surface area contributed by atoms with Crippen LogP contribution in [-0.2, 0) is 18.5 Å². The number of para-hydroxylation sites is 2. The second kappa shape index (κ2) is 5.61. The zero-order chi connectivity index (χ0) is 15.0. The average molecular weight is 304 g/mol. The Hall–Kier alpha value is -1.66. The smallest absolute Gasteiger partial charge is 0.220 e. The van der Waals surface area contributed by atoms with Crippen molar-refractivity contribution in [2.24, 2.45) is 18.7 Å². The molecular weight excluding hydrogens is 284 g/mol. The minimum atomic E-state index is -0.170. The van der Waals surface area contributed by atoms with E-state index in [1.807, 2.05) is 23.7 Å². The lowest BCUT2D eigenvalue weighted by Gasteiger charge is -2.30. The molecule has 112 valence electrons. The Kier molecular flexibility index (Phi) is 3.82. The summed E-state index contributed by atoms with van der Waals surface area (Å²) in [5.41, 5.74) is 7.69. The Labute approximate surface area is 128 Å². The van der Waals surface area contributed by atoms with Gasteiger partial charge in [0.05, 0.1) is 17.7 Å². The quantitative estimate of drug-likeness (QED) is 0.881. The summed E-state index contributed by atoms with van der Waals surface area (Å²) in [7, 11) is 2.00. The molecule has 0 radical (unpaired) electrons. The average Bonchev–Trinajstić information content (AvgIpc) is 2.73. The van der Waals surface area contributed by atoms with Crippen LogP contribution in [0.2, 0.25) is 0 Å². The first-order valence-corrected chi connectivity index (χ1v) is 7.64. The summed E-state index contributed by atoms with van der Waals surface area (Å²) in [6.07, 6.45) is 1.68. The number of imidazole rings is 1. The van der Waals surface area contributed by atoms with E-state index in [2.05, 4.69) is 21.6 Å². The first-order chi connectivity index (χ1) is 10.1. The van der Waals surface area contributed by atoms with Gasteiger partial charge in [0.15, 0.2) is 4.77 Å². The molecular formula is C15H20N4OS. The van der Waals surface area contributed by atoms with E-state index in [1.165, 1.54) is 0 Å². The number of hydrogen-bond acceptors (Lipinski definition) is 3. The summed E-state index contributed by atoms with van der Waals surface area (Å²) in [5.74, 6) is -0.141. The van der Waals surface area contributed by atoms with Gasteiger partial charge in [-0.25, -0.2) is 0 Å². The molecule has 2 N–H and O–H groups in total. The molecule has 6 heteroatoms. The Bertz CT molecular complexity index is 725. The van der Waals surface area contributed by atoms with Crippen molar-refractivity contribution in [3.05, 3.63) is 29.0 Å². The fraction of sp³-hybridized carbons (Fsp3) is 0.467. The summed E-state index contributed by atoms with van der Waals surface area (Å²) in [4.78, 5) is 13.6. The van der Waals surface area contributed by atoms with Crippen molar-refractivity contribution in [2.45, 2.75) is 19.5 Å². The minimum Gasteiger partial charge on any atom is -0.369 e. The number of fused-ring (bicyclic) bond motifs is 1. The number of carbonyl (C=O) groups is 1. The van der Waals surface area contributed by atoms with E-state index in [9.17, 15) is 4.79 Å². The van der Waals surface area contributed by atoms with Crippen LogP contribution >= 0.6 is 12.2 Å². The van der Waals surface area contributed by atoms with Crippen LogP contribution in [0.4, 0.5) is 0 Å². The fourth-order valence-electron chi connectivity index (χ4n) is 3.06. The van der Waals surface area contributed by atoms with Gasteiger partial charge in [-0.1, -0.05) is 12.1 Å². The van der Waals surface area contributed by atoms with Crippen LogP contribution < -0.4 is 5.73 Å². The largest absolute Gasteiger partial charge is 0.369 e. The van der Waals surface area contributed by atoms with Gasteiger partial charge in [0.25, 0.3) is 0 Å². The standard InChI is InChI=1S/C15H20N4OS/c1-17-12-4-2-3-5-13(12)19(15(17)21)10-18-8-6-11(7-9-18)14(16)20/h2-5,11H,6-10H2,1H3,(H2,16,20). The number of nitrogens with zero attached hydrogens (tertiary/aromatic N) is 3. The van der Waals surface area contributed by atoms with Crippen LogP contribution in [0.25, 0.3) is 11.0 Å². The highest BCUT2D eigenvalue weighted by Gasteiger charge is 2.23. The number of likely N-dealkylation sites (tertiary alicyclic amines) is 1. The third-order valence-corrected chi connectivity index (χ3v) is 4.88. The van der Waals surface area contributed by atoms with E-state index in [0.29, 0.717) is 0 Å². The summed E-state index contributed by atoms with van der Waals surface area (Å²) in [6.45, 7) is 2.54. The van der Waals surface area contributed by atoms with E-state index in [1.54, 1.807) is 0 Å². The van der Waals surface area contributed by atoms with Gasteiger partial charge < -0.3 is 14.9 Å². The molecule has 0 saturated carbocycles. The molecule has 1 saturated heterocycles. The minimum absolute atomic E-state index is 0.0294. The molecule has 0 bridgehead atoms. The van der Waals surface area contributed by atoms with Gasteiger partial charge >= 0.3 is 0 Å². The van der Waals surface area contributed by atoms with Gasteiger partial charge in [-0.15, -0.1) is 0 Å². The summed E-state index contributed by atoms with van der Waals surface area (Å²) in [6, 6.07) is 8.25. The molecule has 1 amide bonds. The molecule has 21 heavy (non-hydrogen) atoms. The number of amides is 1. The van der Waals surface area contributed by atoms with Crippen molar-refractivity contribution in [3.63, 3.8) is 0 Å². The normalized spacial score (nSPS) is 17.4. The first-order valence-electron chi connectivity index (χ1n) is 7.24. The molecule has 1 aliphatic rings. The third kappa shape index (κ3) is 2.61. The molecule has 0 aliphatic carbocycles. The molecule has 5 nitrogen and oxygen atoms in total. The number of rotatable bonds is 3. The van der Waals surface area contributed by atoms with Crippen LogP contribution in [0.1, 0.15) is 12.8 Å². The van der Waals surface area contributed by atoms with E-state index < -0.39 is 0 Å². The van der Waals surface area contributed by atoms with Gasteiger partial charge in [0.1, 0.15) is 0 Å². The van der Waals surface area contributed by atoms with Crippen LogP contribution in [0.5, 0.6) is 0 Å². The molecule has 0 unspecified atom stereocenters. The van der Waals surface area contributed by atoms with Crippen molar-refractivity contribution in [1.29, 1.82) is 0 Å². The lowest BCUT2D eigenvalue weighted by atomic mass is 9.97. The zero-order valence-electron chi connectivity index (χ0n) is 12.2. The predicted molar refractivity (Wildman–Crippen MR) is 85.2 cm³/mol. The Balaban J connectivity index is 1.82. The Morgan fingerprint density at radius 3 is 2.52 bits per heavy atom. The number of primary amides is 1. The van der Waals surface area contributed by atoms with Gasteiger partial charge in [0.2, 0.25) is 5.91 Å². The van der Waals surface area contributed by atoms with Crippen molar-refractivity contribution in [2.75, 3.05) is 13.1 Å². The molecule has 3 rings (SSSR count). The van der Waals surface area contributed by atoms with E-state index in [4.69, 9.17) is 18.0 Å². The maximum absolute atomic E-state index is 11.2. The number of nitrogens with two attached hydrogens (primary N) is 1. The highest BCUT2D eigenvalue weighted by molar-refractivity contribution is 7.71. The highest BCUT2D eigenvalue weighted by Crippen LogP contribution is 2.20. The second-order valence-electron chi connectivity index (χ2n) is 5.69. The molecule has 2 heterocycles. The molecule has 1 aromatic heterocycles. The predicted octanol–water partition coefficient (Wildman–Crippen LogP) is 1.86. The molecule has 1 aromatic carbocycles. The van der Waals surface area contributed by atoms with Crippen LogP contribution in [0.15, 0.2) is 24.3 Å². The molecule has 2 aromatic rings.